The Morgan fingerprint density at radius 3 is 3.00 bits per heavy atom. The first-order chi connectivity index (χ1) is 9.78. The van der Waals surface area contributed by atoms with Gasteiger partial charge in [0.05, 0.1) is 6.04 Å². The van der Waals surface area contributed by atoms with E-state index in [1.807, 2.05) is 0 Å². The lowest BCUT2D eigenvalue weighted by molar-refractivity contribution is 0.410. The minimum Gasteiger partial charge on any atom is -0.459 e. The van der Waals surface area contributed by atoms with Crippen LogP contribution in [0.25, 0.3) is 11.0 Å². The van der Waals surface area contributed by atoms with Gasteiger partial charge >= 0.3 is 0 Å². The van der Waals surface area contributed by atoms with E-state index < -0.39 is 0 Å². The molecule has 3 heteroatoms. The summed E-state index contributed by atoms with van der Waals surface area (Å²) in [5, 5.41) is 5.50. The summed E-state index contributed by atoms with van der Waals surface area (Å²) in [6.45, 7) is 5.29. The van der Waals surface area contributed by atoms with Gasteiger partial charge in [-0.1, -0.05) is 25.0 Å². The van der Waals surface area contributed by atoms with Crippen molar-refractivity contribution < 1.29 is 4.42 Å². The Morgan fingerprint density at radius 1 is 1.35 bits per heavy atom. The molecule has 0 amide bonds. The van der Waals surface area contributed by atoms with Crippen LogP contribution in [0.3, 0.4) is 0 Å². The molecule has 2 unspecified atom stereocenters. The molecule has 108 valence electrons. The number of fused-ring (bicyclic) bond motifs is 1. The van der Waals surface area contributed by atoms with Crippen LogP contribution in [0.5, 0.6) is 0 Å². The second-order valence-electron chi connectivity index (χ2n) is 5.63. The summed E-state index contributed by atoms with van der Waals surface area (Å²) in [5.74, 6) is 2.39. The fraction of sp³-hybridized carbons (Fsp3) is 0.529. The number of benzene rings is 1. The number of rotatable bonds is 4. The van der Waals surface area contributed by atoms with Crippen LogP contribution in [0.15, 0.2) is 28.7 Å². The van der Waals surface area contributed by atoms with Gasteiger partial charge in [0.2, 0.25) is 0 Å². The highest BCUT2D eigenvalue weighted by Gasteiger charge is 2.27. The third-order valence-corrected chi connectivity index (χ3v) is 5.47. The maximum atomic E-state index is 6.12. The molecule has 20 heavy (non-hydrogen) atoms. The molecule has 0 saturated carbocycles. The van der Waals surface area contributed by atoms with Gasteiger partial charge in [0.15, 0.2) is 0 Å². The smallest absolute Gasteiger partial charge is 0.134 e. The lowest BCUT2D eigenvalue weighted by Gasteiger charge is -2.29. The monoisotopic (exact) mass is 289 g/mol. The molecule has 0 spiro atoms. The first-order valence-electron chi connectivity index (χ1n) is 7.63. The van der Waals surface area contributed by atoms with E-state index in [1.165, 1.54) is 36.0 Å². The standard InChI is InChI=1S/C17H23NOS/c1-3-18-17(16-6-4-5-9-20-16)15-11-13-10-12(2)7-8-14(13)19-15/h7-8,10-11,16-18H,3-6,9H2,1-2H3. The van der Waals surface area contributed by atoms with E-state index in [0.29, 0.717) is 11.3 Å². The van der Waals surface area contributed by atoms with Crippen LogP contribution in [-0.2, 0) is 0 Å². The quantitative estimate of drug-likeness (QED) is 0.885. The van der Waals surface area contributed by atoms with Gasteiger partial charge in [0.25, 0.3) is 0 Å². The summed E-state index contributed by atoms with van der Waals surface area (Å²) in [4.78, 5) is 0. The van der Waals surface area contributed by atoms with Crippen molar-refractivity contribution in [3.8, 4) is 0 Å². The lowest BCUT2D eigenvalue weighted by atomic mass is 10.0. The second kappa shape index (κ2) is 6.23. The highest BCUT2D eigenvalue weighted by Crippen LogP contribution is 2.36. The Kier molecular flexibility index (Phi) is 4.37. The molecule has 0 radical (unpaired) electrons. The topological polar surface area (TPSA) is 25.2 Å². The normalized spacial score (nSPS) is 21.2. The van der Waals surface area contributed by atoms with E-state index in [1.54, 1.807) is 0 Å². The average molecular weight is 289 g/mol. The Labute approximate surface area is 125 Å². The number of thioether (sulfide) groups is 1. The molecule has 0 aliphatic carbocycles. The molecule has 1 fully saturated rings. The van der Waals surface area contributed by atoms with E-state index in [4.69, 9.17) is 4.42 Å². The van der Waals surface area contributed by atoms with Crippen molar-refractivity contribution in [1.82, 2.24) is 5.32 Å². The van der Waals surface area contributed by atoms with Crippen LogP contribution >= 0.6 is 11.8 Å². The summed E-state index contributed by atoms with van der Waals surface area (Å²) in [6, 6.07) is 8.99. The molecular formula is C17H23NOS. The highest BCUT2D eigenvalue weighted by atomic mass is 32.2. The molecule has 2 aromatic rings. The summed E-state index contributed by atoms with van der Waals surface area (Å²) in [5.41, 5.74) is 2.30. The zero-order valence-electron chi connectivity index (χ0n) is 12.3. The van der Waals surface area contributed by atoms with Crippen molar-refractivity contribution in [1.29, 1.82) is 0 Å². The molecule has 2 atom stereocenters. The second-order valence-corrected chi connectivity index (χ2v) is 6.98. The van der Waals surface area contributed by atoms with E-state index in [2.05, 4.69) is 55.2 Å². The van der Waals surface area contributed by atoms with Crippen LogP contribution in [0.4, 0.5) is 0 Å². The number of hydrogen-bond acceptors (Lipinski definition) is 3. The minimum absolute atomic E-state index is 0.345. The van der Waals surface area contributed by atoms with Crippen LogP contribution in [-0.4, -0.2) is 17.5 Å². The van der Waals surface area contributed by atoms with Gasteiger partial charge in [-0.3, -0.25) is 0 Å². The molecule has 0 bridgehead atoms. The van der Waals surface area contributed by atoms with E-state index in [-0.39, 0.29) is 0 Å². The minimum atomic E-state index is 0.345. The Hall–Kier alpha value is -0.930. The molecule has 2 heterocycles. The maximum absolute atomic E-state index is 6.12. The van der Waals surface area contributed by atoms with Crippen molar-refractivity contribution >= 4 is 22.7 Å². The van der Waals surface area contributed by atoms with E-state index in [9.17, 15) is 0 Å². The Morgan fingerprint density at radius 2 is 2.25 bits per heavy atom. The average Bonchev–Trinajstić information content (AvgIpc) is 2.88. The maximum Gasteiger partial charge on any atom is 0.134 e. The third-order valence-electron chi connectivity index (χ3n) is 4.01. The zero-order valence-corrected chi connectivity index (χ0v) is 13.1. The van der Waals surface area contributed by atoms with Crippen molar-refractivity contribution in [3.63, 3.8) is 0 Å². The molecule has 1 aliphatic heterocycles. The van der Waals surface area contributed by atoms with Crippen molar-refractivity contribution in [3.05, 3.63) is 35.6 Å². The van der Waals surface area contributed by atoms with Crippen molar-refractivity contribution in [2.24, 2.45) is 0 Å². The molecule has 1 N–H and O–H groups in total. The number of nitrogens with one attached hydrogen (secondary N) is 1. The van der Waals surface area contributed by atoms with Gasteiger partial charge in [-0.25, -0.2) is 0 Å². The van der Waals surface area contributed by atoms with Crippen molar-refractivity contribution in [2.45, 2.75) is 44.4 Å². The molecule has 1 aromatic heterocycles. The van der Waals surface area contributed by atoms with Gasteiger partial charge in [-0.15, -0.1) is 0 Å². The van der Waals surface area contributed by atoms with Gasteiger partial charge in [-0.05, 0) is 50.3 Å². The van der Waals surface area contributed by atoms with Gasteiger partial charge in [-0.2, -0.15) is 11.8 Å². The van der Waals surface area contributed by atoms with E-state index >= 15 is 0 Å². The number of furan rings is 1. The molecule has 1 saturated heterocycles. The fourth-order valence-corrected chi connectivity index (χ4v) is 4.43. The first-order valence-corrected chi connectivity index (χ1v) is 8.68. The molecule has 1 aliphatic rings. The fourth-order valence-electron chi connectivity index (χ4n) is 3.00. The molecular weight excluding hydrogens is 266 g/mol. The Bertz CT molecular complexity index is 571. The number of aryl methyl sites for hydroxylation is 1. The number of hydrogen-bond donors (Lipinski definition) is 1. The van der Waals surface area contributed by atoms with Crippen LogP contribution in [0.1, 0.15) is 43.6 Å². The highest BCUT2D eigenvalue weighted by molar-refractivity contribution is 8.00. The predicted molar refractivity (Wildman–Crippen MR) is 87.5 cm³/mol. The summed E-state index contributed by atoms with van der Waals surface area (Å²) >= 11 is 2.10. The van der Waals surface area contributed by atoms with Crippen molar-refractivity contribution in [2.75, 3.05) is 12.3 Å². The van der Waals surface area contributed by atoms with Gasteiger partial charge < -0.3 is 9.73 Å². The van der Waals surface area contributed by atoms with Gasteiger partial charge in [0.1, 0.15) is 11.3 Å². The molecule has 1 aromatic carbocycles. The largest absolute Gasteiger partial charge is 0.459 e. The van der Waals surface area contributed by atoms with Crippen LogP contribution in [0.2, 0.25) is 0 Å². The molecule has 3 rings (SSSR count). The third kappa shape index (κ3) is 2.89. The first kappa shape index (κ1) is 14.0. The van der Waals surface area contributed by atoms with Gasteiger partial charge in [0, 0.05) is 10.6 Å². The summed E-state index contributed by atoms with van der Waals surface area (Å²) in [6.07, 6.45) is 4.00. The van der Waals surface area contributed by atoms with Crippen LogP contribution in [0, 0.1) is 6.92 Å². The Balaban J connectivity index is 1.91. The SMILES string of the molecule is CCNC(c1cc2cc(C)ccc2o1)C1CCCCS1. The van der Waals surface area contributed by atoms with Crippen LogP contribution < -0.4 is 5.32 Å². The summed E-state index contributed by atoms with van der Waals surface area (Å²) in [7, 11) is 0. The summed E-state index contributed by atoms with van der Waals surface area (Å²) < 4.78 is 6.12. The van der Waals surface area contributed by atoms with E-state index in [0.717, 1.165) is 17.9 Å². The predicted octanol–water partition coefficient (Wildman–Crippen LogP) is 4.68. The zero-order chi connectivity index (χ0) is 13.9. The lowest BCUT2D eigenvalue weighted by Crippen LogP contribution is -2.31. The molecule has 2 nitrogen and oxygen atoms in total.